The molecule has 5 nitrogen and oxygen atoms in total. The van der Waals surface area contributed by atoms with Crippen molar-refractivity contribution in [2.45, 2.75) is 0 Å². The number of carbonyl (C=O) groups is 1. The van der Waals surface area contributed by atoms with Gasteiger partial charge in [-0.1, -0.05) is 30.3 Å². The zero-order chi connectivity index (χ0) is 18.8. The second-order valence-corrected chi connectivity index (χ2v) is 5.93. The van der Waals surface area contributed by atoms with Gasteiger partial charge in [0, 0.05) is 11.6 Å². The molecule has 0 saturated carbocycles. The standard InChI is InChI=1S/C22H14O5/c23-19-13-21(27-20-10-9-15(22(24)25)12-18(19)20)14-5-4-8-17(11-14)26-16-6-2-1-3-7-16/h1-13H,(H,24,25). The molecule has 0 fully saturated rings. The Balaban J connectivity index is 1.74. The van der Waals surface area contributed by atoms with E-state index in [1.165, 1.54) is 24.3 Å². The molecule has 0 aliphatic rings. The van der Waals surface area contributed by atoms with Gasteiger partial charge in [-0.15, -0.1) is 0 Å². The minimum absolute atomic E-state index is 0.0424. The Hall–Kier alpha value is -3.86. The van der Waals surface area contributed by atoms with Crippen LogP contribution in [0.2, 0.25) is 0 Å². The molecule has 0 amide bonds. The third kappa shape index (κ3) is 3.43. The summed E-state index contributed by atoms with van der Waals surface area (Å²) in [5.74, 6) is 0.610. The van der Waals surface area contributed by atoms with Crippen LogP contribution < -0.4 is 10.2 Å². The minimum Gasteiger partial charge on any atom is -0.478 e. The highest BCUT2D eigenvalue weighted by Crippen LogP contribution is 2.28. The monoisotopic (exact) mass is 358 g/mol. The van der Waals surface area contributed by atoms with Crippen LogP contribution in [0.1, 0.15) is 10.4 Å². The van der Waals surface area contributed by atoms with Gasteiger partial charge in [0.1, 0.15) is 22.8 Å². The first-order valence-corrected chi connectivity index (χ1v) is 8.25. The van der Waals surface area contributed by atoms with E-state index >= 15 is 0 Å². The highest BCUT2D eigenvalue weighted by Gasteiger charge is 2.11. The van der Waals surface area contributed by atoms with Crippen LogP contribution in [-0.2, 0) is 0 Å². The van der Waals surface area contributed by atoms with Crippen molar-refractivity contribution in [1.29, 1.82) is 0 Å². The summed E-state index contributed by atoms with van der Waals surface area (Å²) >= 11 is 0. The normalized spacial score (nSPS) is 10.7. The second-order valence-electron chi connectivity index (χ2n) is 5.93. The molecule has 0 atom stereocenters. The third-order valence-corrected chi connectivity index (χ3v) is 4.07. The summed E-state index contributed by atoms with van der Waals surface area (Å²) in [7, 11) is 0. The van der Waals surface area contributed by atoms with Gasteiger partial charge in [-0.3, -0.25) is 4.79 Å². The zero-order valence-electron chi connectivity index (χ0n) is 14.1. The largest absolute Gasteiger partial charge is 0.478 e. The topological polar surface area (TPSA) is 76.7 Å². The molecule has 0 unspecified atom stereocenters. The van der Waals surface area contributed by atoms with Crippen molar-refractivity contribution in [2.24, 2.45) is 0 Å². The Morgan fingerprint density at radius 2 is 1.63 bits per heavy atom. The Morgan fingerprint density at radius 3 is 2.41 bits per heavy atom. The maximum absolute atomic E-state index is 12.4. The molecule has 0 aliphatic carbocycles. The average Bonchev–Trinajstić information content (AvgIpc) is 2.68. The molecule has 1 aromatic heterocycles. The molecule has 1 N–H and O–H groups in total. The molecule has 132 valence electrons. The molecular weight excluding hydrogens is 344 g/mol. The molecule has 1 heterocycles. The lowest BCUT2D eigenvalue weighted by Gasteiger charge is -2.08. The average molecular weight is 358 g/mol. The van der Waals surface area contributed by atoms with E-state index in [0.717, 1.165) is 0 Å². The van der Waals surface area contributed by atoms with Crippen molar-refractivity contribution in [3.63, 3.8) is 0 Å². The summed E-state index contributed by atoms with van der Waals surface area (Å²) in [5.41, 5.74) is 0.756. The lowest BCUT2D eigenvalue weighted by molar-refractivity contribution is 0.0697. The number of ether oxygens (including phenoxy) is 1. The number of hydrogen-bond acceptors (Lipinski definition) is 4. The van der Waals surface area contributed by atoms with Crippen LogP contribution in [0.15, 0.2) is 88.1 Å². The highest BCUT2D eigenvalue weighted by atomic mass is 16.5. The van der Waals surface area contributed by atoms with Gasteiger partial charge < -0.3 is 14.3 Å². The highest BCUT2D eigenvalue weighted by molar-refractivity contribution is 5.93. The smallest absolute Gasteiger partial charge is 0.335 e. The number of carboxylic acid groups (broad SMARTS) is 1. The molecule has 0 radical (unpaired) electrons. The van der Waals surface area contributed by atoms with Crippen molar-refractivity contribution in [2.75, 3.05) is 0 Å². The number of hydrogen-bond donors (Lipinski definition) is 1. The van der Waals surface area contributed by atoms with Crippen LogP contribution in [0.25, 0.3) is 22.3 Å². The van der Waals surface area contributed by atoms with E-state index in [2.05, 4.69) is 0 Å². The molecule has 4 rings (SSSR count). The Morgan fingerprint density at radius 1 is 0.852 bits per heavy atom. The van der Waals surface area contributed by atoms with Crippen LogP contribution in [0.4, 0.5) is 0 Å². The third-order valence-electron chi connectivity index (χ3n) is 4.07. The first-order chi connectivity index (χ1) is 13.1. The summed E-state index contributed by atoms with van der Waals surface area (Å²) < 4.78 is 11.6. The van der Waals surface area contributed by atoms with Crippen LogP contribution in [-0.4, -0.2) is 11.1 Å². The van der Waals surface area contributed by atoms with E-state index in [1.807, 2.05) is 48.5 Å². The Labute approximate surface area is 154 Å². The predicted octanol–water partition coefficient (Wildman–Crippen LogP) is 4.95. The molecule has 0 saturated heterocycles. The molecular formula is C22H14O5. The maximum Gasteiger partial charge on any atom is 0.335 e. The molecule has 5 heteroatoms. The summed E-state index contributed by atoms with van der Waals surface area (Å²) in [4.78, 5) is 23.5. The van der Waals surface area contributed by atoms with E-state index in [9.17, 15) is 9.59 Å². The summed E-state index contributed by atoms with van der Waals surface area (Å²) in [6, 6.07) is 22.2. The Bertz CT molecular complexity index is 1190. The van der Waals surface area contributed by atoms with Gasteiger partial charge in [0.25, 0.3) is 0 Å². The molecule has 0 spiro atoms. The SMILES string of the molecule is O=C(O)c1ccc2oc(-c3cccc(Oc4ccccc4)c3)cc(=O)c2c1. The van der Waals surface area contributed by atoms with Gasteiger partial charge in [-0.05, 0) is 42.5 Å². The van der Waals surface area contributed by atoms with Gasteiger partial charge in [0.05, 0.1) is 10.9 Å². The van der Waals surface area contributed by atoms with Crippen LogP contribution >= 0.6 is 0 Å². The van der Waals surface area contributed by atoms with Crippen molar-refractivity contribution in [3.8, 4) is 22.8 Å². The molecule has 27 heavy (non-hydrogen) atoms. The van der Waals surface area contributed by atoms with Crippen molar-refractivity contribution in [1.82, 2.24) is 0 Å². The zero-order valence-corrected chi connectivity index (χ0v) is 14.1. The number of para-hydroxylation sites is 1. The quantitative estimate of drug-likeness (QED) is 0.558. The lowest BCUT2D eigenvalue weighted by atomic mass is 10.1. The van der Waals surface area contributed by atoms with Crippen molar-refractivity contribution < 1.29 is 19.1 Å². The van der Waals surface area contributed by atoms with Crippen molar-refractivity contribution in [3.05, 3.63) is 94.6 Å². The first kappa shape index (κ1) is 16.6. The second kappa shape index (κ2) is 6.80. The van der Waals surface area contributed by atoms with Crippen LogP contribution in [0.5, 0.6) is 11.5 Å². The summed E-state index contributed by atoms with van der Waals surface area (Å²) in [6.07, 6.45) is 0. The van der Waals surface area contributed by atoms with Gasteiger partial charge in [0.15, 0.2) is 5.43 Å². The van der Waals surface area contributed by atoms with Gasteiger partial charge in [0.2, 0.25) is 0 Å². The number of fused-ring (bicyclic) bond motifs is 1. The van der Waals surface area contributed by atoms with Gasteiger partial charge >= 0.3 is 5.97 Å². The van der Waals surface area contributed by atoms with Crippen LogP contribution in [0.3, 0.4) is 0 Å². The lowest BCUT2D eigenvalue weighted by Crippen LogP contribution is -2.03. The first-order valence-electron chi connectivity index (χ1n) is 8.25. The van der Waals surface area contributed by atoms with E-state index < -0.39 is 5.97 Å². The summed E-state index contributed by atoms with van der Waals surface area (Å²) in [6.45, 7) is 0. The fourth-order valence-electron chi connectivity index (χ4n) is 2.77. The molecule has 0 bridgehead atoms. The van der Waals surface area contributed by atoms with E-state index in [-0.39, 0.29) is 16.4 Å². The van der Waals surface area contributed by atoms with Gasteiger partial charge in [-0.2, -0.15) is 0 Å². The number of benzene rings is 3. The number of rotatable bonds is 4. The van der Waals surface area contributed by atoms with Crippen molar-refractivity contribution >= 4 is 16.9 Å². The fourth-order valence-corrected chi connectivity index (χ4v) is 2.77. The summed E-state index contributed by atoms with van der Waals surface area (Å²) in [5, 5.41) is 9.30. The van der Waals surface area contributed by atoms with Crippen LogP contribution in [0, 0.1) is 0 Å². The maximum atomic E-state index is 12.4. The minimum atomic E-state index is -1.09. The molecule has 3 aromatic carbocycles. The Kier molecular flexibility index (Phi) is 4.18. The molecule has 0 aliphatic heterocycles. The number of carboxylic acids is 1. The number of aromatic carboxylic acids is 1. The van der Waals surface area contributed by atoms with E-state index in [4.69, 9.17) is 14.3 Å². The van der Waals surface area contributed by atoms with Gasteiger partial charge in [-0.25, -0.2) is 4.79 Å². The fraction of sp³-hybridized carbons (Fsp3) is 0. The molecule has 4 aromatic rings. The van der Waals surface area contributed by atoms with E-state index in [0.29, 0.717) is 28.4 Å². The predicted molar refractivity (Wildman–Crippen MR) is 101 cm³/mol. The van der Waals surface area contributed by atoms with E-state index in [1.54, 1.807) is 6.07 Å².